The van der Waals surface area contributed by atoms with Crippen molar-refractivity contribution in [2.75, 3.05) is 18.4 Å². The molecule has 112 valence electrons. The van der Waals surface area contributed by atoms with Crippen LogP contribution in [-0.4, -0.2) is 27.8 Å². The normalized spacial score (nSPS) is 15.5. The van der Waals surface area contributed by atoms with E-state index in [1.807, 2.05) is 17.9 Å². The molecule has 1 fully saturated rings. The number of benzene rings is 1. The van der Waals surface area contributed by atoms with Crippen molar-refractivity contribution in [3.8, 4) is 0 Å². The molecule has 4 nitrogen and oxygen atoms in total. The molecule has 0 amide bonds. The van der Waals surface area contributed by atoms with Crippen molar-refractivity contribution in [1.29, 1.82) is 0 Å². The van der Waals surface area contributed by atoms with E-state index in [2.05, 4.69) is 46.5 Å². The Bertz CT molecular complexity index is 597. The van der Waals surface area contributed by atoms with Crippen LogP contribution < -0.4 is 5.32 Å². The Morgan fingerprint density at radius 2 is 1.90 bits per heavy atom. The average molecular weight is 284 g/mol. The molecule has 21 heavy (non-hydrogen) atoms. The second-order valence-electron chi connectivity index (χ2n) is 5.87. The molecule has 2 aromatic rings. The number of aromatic nitrogens is 2. The summed E-state index contributed by atoms with van der Waals surface area (Å²) in [5.74, 6) is 0. The molecular formula is C17H24N4. The summed E-state index contributed by atoms with van der Waals surface area (Å²) in [6, 6.07) is 8.64. The minimum absolute atomic E-state index is 0.830. The van der Waals surface area contributed by atoms with Gasteiger partial charge in [0.15, 0.2) is 0 Å². The second-order valence-corrected chi connectivity index (χ2v) is 5.87. The van der Waals surface area contributed by atoms with Gasteiger partial charge in [-0.25, -0.2) is 0 Å². The lowest BCUT2D eigenvalue weighted by Crippen LogP contribution is -2.19. The smallest absolute Gasteiger partial charge is 0.0542 e. The summed E-state index contributed by atoms with van der Waals surface area (Å²) >= 11 is 0. The summed E-state index contributed by atoms with van der Waals surface area (Å²) in [4.78, 5) is 2.54. The van der Waals surface area contributed by atoms with Crippen LogP contribution in [0.1, 0.15) is 29.7 Å². The van der Waals surface area contributed by atoms with Crippen LogP contribution in [0.4, 0.5) is 5.69 Å². The number of aryl methyl sites for hydroxylation is 1. The largest absolute Gasteiger partial charge is 0.381 e. The van der Waals surface area contributed by atoms with Gasteiger partial charge in [0.05, 0.1) is 6.20 Å². The van der Waals surface area contributed by atoms with Gasteiger partial charge in [0.25, 0.3) is 0 Å². The Hall–Kier alpha value is -1.81. The van der Waals surface area contributed by atoms with Crippen molar-refractivity contribution in [3.05, 3.63) is 47.3 Å². The van der Waals surface area contributed by atoms with E-state index in [-0.39, 0.29) is 0 Å². The van der Waals surface area contributed by atoms with Crippen LogP contribution in [0.5, 0.6) is 0 Å². The lowest BCUT2D eigenvalue weighted by molar-refractivity contribution is 0.332. The minimum atomic E-state index is 0.830. The standard InChI is InChI=1S/C17H24N4/c1-14-16(12-19-20(14)2)11-18-17-8-4-3-7-15(17)13-21-9-5-6-10-21/h3-4,7-8,12,18H,5-6,9-11,13H2,1-2H3. The maximum absolute atomic E-state index is 4.30. The Kier molecular flexibility index (Phi) is 4.25. The van der Waals surface area contributed by atoms with Crippen LogP contribution in [-0.2, 0) is 20.1 Å². The molecule has 1 aromatic carbocycles. The van der Waals surface area contributed by atoms with Gasteiger partial charge < -0.3 is 5.32 Å². The first kappa shape index (κ1) is 14.1. The average Bonchev–Trinajstić information content (AvgIpc) is 3.11. The fourth-order valence-corrected chi connectivity index (χ4v) is 2.92. The zero-order chi connectivity index (χ0) is 14.7. The Balaban J connectivity index is 1.68. The highest BCUT2D eigenvalue weighted by Crippen LogP contribution is 2.21. The van der Waals surface area contributed by atoms with E-state index in [9.17, 15) is 0 Å². The third kappa shape index (κ3) is 3.27. The Morgan fingerprint density at radius 3 is 2.62 bits per heavy atom. The third-order valence-corrected chi connectivity index (χ3v) is 4.42. The van der Waals surface area contributed by atoms with Gasteiger partial charge in [-0.05, 0) is 44.5 Å². The summed E-state index contributed by atoms with van der Waals surface area (Å²) in [6.07, 6.45) is 4.63. The molecule has 0 radical (unpaired) electrons. The maximum Gasteiger partial charge on any atom is 0.0542 e. The minimum Gasteiger partial charge on any atom is -0.381 e. The molecule has 0 spiro atoms. The molecule has 0 bridgehead atoms. The number of nitrogens with one attached hydrogen (secondary N) is 1. The lowest BCUT2D eigenvalue weighted by atomic mass is 10.1. The van der Waals surface area contributed by atoms with Gasteiger partial charge in [0.2, 0.25) is 0 Å². The zero-order valence-corrected chi connectivity index (χ0v) is 13.0. The number of hydrogen-bond donors (Lipinski definition) is 1. The highest BCUT2D eigenvalue weighted by Gasteiger charge is 2.13. The summed E-state index contributed by atoms with van der Waals surface area (Å²) < 4.78 is 1.92. The maximum atomic E-state index is 4.30. The van der Waals surface area contributed by atoms with Crippen LogP contribution >= 0.6 is 0 Å². The van der Waals surface area contributed by atoms with Crippen molar-refractivity contribution in [2.45, 2.75) is 32.9 Å². The van der Waals surface area contributed by atoms with Crippen LogP contribution in [0.25, 0.3) is 0 Å². The highest BCUT2D eigenvalue weighted by molar-refractivity contribution is 5.51. The van der Waals surface area contributed by atoms with Crippen molar-refractivity contribution < 1.29 is 0 Å². The Morgan fingerprint density at radius 1 is 1.14 bits per heavy atom. The number of nitrogens with zero attached hydrogens (tertiary/aromatic N) is 3. The molecule has 4 heteroatoms. The molecule has 1 aromatic heterocycles. The van der Waals surface area contributed by atoms with Gasteiger partial charge in [-0.15, -0.1) is 0 Å². The number of hydrogen-bond acceptors (Lipinski definition) is 3. The topological polar surface area (TPSA) is 33.1 Å². The van der Waals surface area contributed by atoms with Gasteiger partial charge in [-0.1, -0.05) is 18.2 Å². The summed E-state index contributed by atoms with van der Waals surface area (Å²) in [5.41, 5.74) is 5.11. The number of para-hydroxylation sites is 1. The molecule has 1 saturated heterocycles. The number of anilines is 1. The van der Waals surface area contributed by atoms with E-state index in [1.165, 1.54) is 48.4 Å². The predicted molar refractivity (Wildman–Crippen MR) is 86.2 cm³/mol. The van der Waals surface area contributed by atoms with Gasteiger partial charge >= 0.3 is 0 Å². The van der Waals surface area contributed by atoms with Gasteiger partial charge in [0.1, 0.15) is 0 Å². The van der Waals surface area contributed by atoms with Gasteiger partial charge in [0, 0.05) is 37.1 Å². The van der Waals surface area contributed by atoms with Crippen LogP contribution in [0.2, 0.25) is 0 Å². The molecule has 1 aliphatic heterocycles. The SMILES string of the molecule is Cc1c(CNc2ccccc2CN2CCCC2)cnn1C. The van der Waals surface area contributed by atoms with E-state index in [0.29, 0.717) is 0 Å². The molecule has 2 heterocycles. The lowest BCUT2D eigenvalue weighted by Gasteiger charge is -2.18. The molecule has 3 rings (SSSR count). The first-order valence-electron chi connectivity index (χ1n) is 7.75. The van der Waals surface area contributed by atoms with Crippen molar-refractivity contribution in [1.82, 2.24) is 14.7 Å². The van der Waals surface area contributed by atoms with Crippen LogP contribution in [0, 0.1) is 6.92 Å². The van der Waals surface area contributed by atoms with Crippen molar-refractivity contribution >= 4 is 5.69 Å². The molecule has 1 aliphatic rings. The molecule has 1 N–H and O–H groups in total. The van der Waals surface area contributed by atoms with E-state index < -0.39 is 0 Å². The fourth-order valence-electron chi connectivity index (χ4n) is 2.92. The number of likely N-dealkylation sites (tertiary alicyclic amines) is 1. The van der Waals surface area contributed by atoms with Crippen molar-refractivity contribution in [2.24, 2.45) is 7.05 Å². The molecule has 0 aliphatic carbocycles. The quantitative estimate of drug-likeness (QED) is 0.916. The van der Waals surface area contributed by atoms with Crippen LogP contribution in [0.15, 0.2) is 30.5 Å². The Labute approximate surface area is 126 Å². The van der Waals surface area contributed by atoms with Crippen molar-refractivity contribution in [3.63, 3.8) is 0 Å². The molecule has 0 unspecified atom stereocenters. The fraction of sp³-hybridized carbons (Fsp3) is 0.471. The van der Waals surface area contributed by atoms with Gasteiger partial charge in [-0.3, -0.25) is 9.58 Å². The van der Waals surface area contributed by atoms with E-state index >= 15 is 0 Å². The molecule has 0 atom stereocenters. The third-order valence-electron chi connectivity index (χ3n) is 4.42. The molecular weight excluding hydrogens is 260 g/mol. The zero-order valence-electron chi connectivity index (χ0n) is 13.0. The summed E-state index contributed by atoms with van der Waals surface area (Å²) in [6.45, 7) is 6.46. The monoisotopic (exact) mass is 284 g/mol. The first-order chi connectivity index (χ1) is 10.2. The second kappa shape index (κ2) is 6.31. The molecule has 0 saturated carbocycles. The number of rotatable bonds is 5. The summed E-state index contributed by atoms with van der Waals surface area (Å²) in [5, 5.41) is 7.88. The predicted octanol–water partition coefficient (Wildman–Crippen LogP) is 2.94. The summed E-state index contributed by atoms with van der Waals surface area (Å²) in [7, 11) is 1.99. The van der Waals surface area contributed by atoms with Gasteiger partial charge in [-0.2, -0.15) is 5.10 Å². The van der Waals surface area contributed by atoms with Crippen LogP contribution in [0.3, 0.4) is 0 Å². The van der Waals surface area contributed by atoms with E-state index in [0.717, 1.165) is 13.1 Å². The first-order valence-corrected chi connectivity index (χ1v) is 7.75. The van der Waals surface area contributed by atoms with E-state index in [4.69, 9.17) is 0 Å². The highest BCUT2D eigenvalue weighted by atomic mass is 15.3. The van der Waals surface area contributed by atoms with E-state index in [1.54, 1.807) is 0 Å².